The van der Waals surface area contributed by atoms with Crippen molar-refractivity contribution in [3.8, 4) is 11.6 Å². The molecule has 1 aromatic carbocycles. The second-order valence-electron chi connectivity index (χ2n) is 6.74. The molecule has 7 nitrogen and oxygen atoms in total. The molecule has 9 heteroatoms. The lowest BCUT2D eigenvalue weighted by molar-refractivity contribution is 0.458. The minimum absolute atomic E-state index is 0.0752. The molecular formula is C19H19BrN4O3S. The summed E-state index contributed by atoms with van der Waals surface area (Å²) in [6.45, 7) is 1.99. The molecule has 1 atom stereocenters. The van der Waals surface area contributed by atoms with E-state index in [-0.39, 0.29) is 10.9 Å². The van der Waals surface area contributed by atoms with Gasteiger partial charge in [0, 0.05) is 11.3 Å². The second kappa shape index (κ2) is 7.65. The lowest BCUT2D eigenvalue weighted by atomic mass is 9.94. The highest BCUT2D eigenvalue weighted by Crippen LogP contribution is 2.32. The van der Waals surface area contributed by atoms with Crippen molar-refractivity contribution in [2.24, 2.45) is 0 Å². The first-order valence-corrected chi connectivity index (χ1v) is 11.1. The Hall–Kier alpha value is -2.23. The fraction of sp³-hybridized carbons (Fsp3) is 0.263. The monoisotopic (exact) mass is 462 g/mol. The van der Waals surface area contributed by atoms with Gasteiger partial charge in [0.05, 0.1) is 22.9 Å². The van der Waals surface area contributed by atoms with Gasteiger partial charge < -0.3 is 4.74 Å². The number of aromatic amines is 1. The number of rotatable bonds is 5. The van der Waals surface area contributed by atoms with Gasteiger partial charge in [-0.25, -0.2) is 18.1 Å². The molecule has 1 unspecified atom stereocenters. The number of H-pyrrole nitrogens is 1. The van der Waals surface area contributed by atoms with Crippen LogP contribution < -0.4 is 9.46 Å². The molecule has 3 aromatic rings. The van der Waals surface area contributed by atoms with Crippen molar-refractivity contribution in [1.82, 2.24) is 19.9 Å². The van der Waals surface area contributed by atoms with Gasteiger partial charge in [-0.2, -0.15) is 5.10 Å². The number of hydrogen-bond acceptors (Lipinski definition) is 5. The molecule has 0 aliphatic heterocycles. The third-order valence-corrected chi connectivity index (χ3v) is 6.68. The molecule has 2 aromatic heterocycles. The Labute approximate surface area is 171 Å². The van der Waals surface area contributed by atoms with E-state index in [9.17, 15) is 8.42 Å². The average Bonchev–Trinajstić information content (AvgIpc) is 3.15. The molecule has 0 bridgehead atoms. The lowest BCUT2D eigenvalue weighted by Crippen LogP contribution is -2.30. The zero-order chi connectivity index (χ0) is 19.7. The van der Waals surface area contributed by atoms with Crippen molar-refractivity contribution < 1.29 is 13.2 Å². The Kier molecular flexibility index (Phi) is 5.22. The van der Waals surface area contributed by atoms with Crippen molar-refractivity contribution in [2.75, 3.05) is 0 Å². The number of nitrogens with zero attached hydrogens (tertiary/aromatic N) is 2. The minimum atomic E-state index is -3.74. The Balaban J connectivity index is 1.54. The molecular weight excluding hydrogens is 444 g/mol. The maximum atomic E-state index is 12.8. The van der Waals surface area contributed by atoms with Crippen molar-refractivity contribution in [3.05, 3.63) is 64.0 Å². The zero-order valence-corrected chi connectivity index (χ0v) is 17.5. The van der Waals surface area contributed by atoms with Crippen molar-refractivity contribution in [2.45, 2.75) is 37.1 Å². The zero-order valence-electron chi connectivity index (χ0n) is 15.1. The highest BCUT2D eigenvalue weighted by molar-refractivity contribution is 9.10. The smallest absolute Gasteiger partial charge is 0.242 e. The molecule has 0 spiro atoms. The van der Waals surface area contributed by atoms with E-state index in [0.717, 1.165) is 36.1 Å². The van der Waals surface area contributed by atoms with E-state index in [2.05, 4.69) is 35.8 Å². The topological polar surface area (TPSA) is 97.0 Å². The Bertz CT molecular complexity index is 1100. The van der Waals surface area contributed by atoms with Gasteiger partial charge >= 0.3 is 0 Å². The van der Waals surface area contributed by atoms with Gasteiger partial charge in [0.15, 0.2) is 0 Å². The molecule has 0 amide bonds. The summed E-state index contributed by atoms with van der Waals surface area (Å²) in [5.41, 5.74) is 3.01. The number of aromatic nitrogens is 3. The van der Waals surface area contributed by atoms with Crippen LogP contribution in [0.4, 0.5) is 0 Å². The highest BCUT2D eigenvalue weighted by atomic mass is 79.9. The Morgan fingerprint density at radius 3 is 2.79 bits per heavy atom. The minimum Gasteiger partial charge on any atom is -0.438 e. The Morgan fingerprint density at radius 2 is 2.04 bits per heavy atom. The van der Waals surface area contributed by atoms with Gasteiger partial charge in [-0.1, -0.05) is 17.7 Å². The number of nitrogens with one attached hydrogen (secondary N) is 2. The van der Waals surface area contributed by atoms with E-state index >= 15 is 0 Å². The fourth-order valence-electron chi connectivity index (χ4n) is 3.19. The van der Waals surface area contributed by atoms with Gasteiger partial charge in [0.1, 0.15) is 10.6 Å². The summed E-state index contributed by atoms with van der Waals surface area (Å²) in [5.74, 6) is 0.930. The van der Waals surface area contributed by atoms with Crippen LogP contribution in [0.5, 0.6) is 11.6 Å². The summed E-state index contributed by atoms with van der Waals surface area (Å²) < 4.78 is 34.7. The van der Waals surface area contributed by atoms with E-state index in [1.54, 1.807) is 6.20 Å². The third-order valence-electron chi connectivity index (χ3n) is 4.67. The van der Waals surface area contributed by atoms with E-state index < -0.39 is 10.0 Å². The first-order chi connectivity index (χ1) is 13.4. The molecule has 0 saturated carbocycles. The van der Waals surface area contributed by atoms with Crippen LogP contribution in [0.25, 0.3) is 0 Å². The van der Waals surface area contributed by atoms with Crippen LogP contribution in [-0.4, -0.2) is 23.6 Å². The van der Waals surface area contributed by atoms with Gasteiger partial charge in [-0.05, 0) is 60.3 Å². The van der Waals surface area contributed by atoms with Crippen LogP contribution in [0.2, 0.25) is 0 Å². The van der Waals surface area contributed by atoms with E-state index in [0.29, 0.717) is 16.1 Å². The number of sulfonamides is 1. The van der Waals surface area contributed by atoms with Crippen LogP contribution in [-0.2, 0) is 16.4 Å². The second-order valence-corrected chi connectivity index (χ2v) is 9.31. The molecule has 28 heavy (non-hydrogen) atoms. The summed E-state index contributed by atoms with van der Waals surface area (Å²) in [6, 6.07) is 8.73. The van der Waals surface area contributed by atoms with E-state index in [1.165, 1.54) is 12.3 Å². The van der Waals surface area contributed by atoms with Crippen LogP contribution >= 0.6 is 15.9 Å². The molecule has 2 N–H and O–H groups in total. The molecule has 1 aliphatic carbocycles. The maximum Gasteiger partial charge on any atom is 0.242 e. The normalized spacial score (nSPS) is 16.6. The van der Waals surface area contributed by atoms with Gasteiger partial charge in [0.2, 0.25) is 15.9 Å². The maximum absolute atomic E-state index is 12.8. The SMILES string of the molecule is Cc1ccc(Oc2ncc(S(=O)(=O)NC3CCCc4[nH]ncc43)cc2Br)cc1. The van der Waals surface area contributed by atoms with Crippen molar-refractivity contribution in [1.29, 1.82) is 0 Å². The molecule has 0 fully saturated rings. The molecule has 1 aliphatic rings. The molecule has 2 heterocycles. The summed E-state index contributed by atoms with van der Waals surface area (Å²) in [5, 5.41) is 6.97. The molecule has 0 saturated heterocycles. The predicted molar refractivity (Wildman–Crippen MR) is 108 cm³/mol. The highest BCUT2D eigenvalue weighted by Gasteiger charge is 2.27. The molecule has 146 valence electrons. The summed E-state index contributed by atoms with van der Waals surface area (Å²) >= 11 is 3.36. The number of ether oxygens (including phenoxy) is 1. The number of hydrogen-bond donors (Lipinski definition) is 2. The largest absolute Gasteiger partial charge is 0.438 e. The molecule has 4 rings (SSSR count). The number of fused-ring (bicyclic) bond motifs is 1. The van der Waals surface area contributed by atoms with Gasteiger partial charge in [0.25, 0.3) is 0 Å². The number of benzene rings is 1. The first-order valence-electron chi connectivity index (χ1n) is 8.87. The Morgan fingerprint density at radius 1 is 1.25 bits per heavy atom. The van der Waals surface area contributed by atoms with Crippen molar-refractivity contribution in [3.63, 3.8) is 0 Å². The van der Waals surface area contributed by atoms with E-state index in [1.807, 2.05) is 31.2 Å². The van der Waals surface area contributed by atoms with Gasteiger partial charge in [-0.3, -0.25) is 5.10 Å². The third kappa shape index (κ3) is 3.96. The summed E-state index contributed by atoms with van der Waals surface area (Å²) in [4.78, 5) is 4.26. The van der Waals surface area contributed by atoms with Gasteiger partial charge in [-0.15, -0.1) is 0 Å². The lowest BCUT2D eigenvalue weighted by Gasteiger charge is -2.22. The fourth-order valence-corrected chi connectivity index (χ4v) is 4.99. The summed E-state index contributed by atoms with van der Waals surface area (Å²) in [7, 11) is -3.74. The van der Waals surface area contributed by atoms with Crippen LogP contribution in [0, 0.1) is 6.92 Å². The summed E-state index contributed by atoms with van der Waals surface area (Å²) in [6.07, 6.45) is 5.50. The number of aryl methyl sites for hydroxylation is 2. The van der Waals surface area contributed by atoms with Crippen LogP contribution in [0.1, 0.15) is 35.7 Å². The first kappa shape index (κ1) is 19.1. The number of halogens is 1. The average molecular weight is 463 g/mol. The molecule has 0 radical (unpaired) electrons. The predicted octanol–water partition coefficient (Wildman–Crippen LogP) is 4.02. The van der Waals surface area contributed by atoms with Crippen LogP contribution in [0.15, 0.2) is 52.1 Å². The number of pyridine rings is 1. The van der Waals surface area contributed by atoms with Crippen molar-refractivity contribution >= 4 is 26.0 Å². The standard InChI is InChI=1S/C19H19BrN4O3S/c1-12-5-7-13(8-6-12)27-19-16(20)9-14(10-21-19)28(25,26)24-18-4-2-3-17-15(18)11-22-23-17/h5-11,18,24H,2-4H2,1H3,(H,22,23). The quantitative estimate of drug-likeness (QED) is 0.596. The van der Waals surface area contributed by atoms with Crippen LogP contribution in [0.3, 0.4) is 0 Å². The van der Waals surface area contributed by atoms with E-state index in [4.69, 9.17) is 4.74 Å².